The number of rotatable bonds is 8. The number of benzene rings is 2. The molecule has 0 unspecified atom stereocenters. The SMILES string of the molecule is CN(CC12CC3CC(CC(C3)C1)C2)C(=O)c1ccc(N2CCN(C(=O)CCc3ccccc3-c3cncc(O)c3)CC2)cc1. The highest BCUT2D eigenvalue weighted by Gasteiger charge is 2.51. The van der Waals surface area contributed by atoms with Crippen molar-refractivity contribution in [3.8, 4) is 16.9 Å². The molecule has 3 aromatic rings. The van der Waals surface area contributed by atoms with Gasteiger partial charge in [0.15, 0.2) is 0 Å². The molecule has 44 heavy (non-hydrogen) atoms. The van der Waals surface area contributed by atoms with Crippen molar-refractivity contribution in [1.82, 2.24) is 14.8 Å². The van der Waals surface area contributed by atoms with Crippen molar-refractivity contribution in [3.63, 3.8) is 0 Å². The van der Waals surface area contributed by atoms with Gasteiger partial charge >= 0.3 is 0 Å². The summed E-state index contributed by atoms with van der Waals surface area (Å²) in [6, 6.07) is 17.8. The van der Waals surface area contributed by atoms with Crippen molar-refractivity contribution >= 4 is 17.5 Å². The molecule has 5 fully saturated rings. The van der Waals surface area contributed by atoms with Crippen molar-refractivity contribution in [2.75, 3.05) is 44.7 Å². The molecule has 8 rings (SSSR count). The molecule has 5 aliphatic rings. The molecular weight excluding hydrogens is 548 g/mol. The smallest absolute Gasteiger partial charge is 0.253 e. The van der Waals surface area contributed by atoms with Gasteiger partial charge in [-0.3, -0.25) is 14.6 Å². The second-order valence-corrected chi connectivity index (χ2v) is 14.1. The second kappa shape index (κ2) is 11.9. The summed E-state index contributed by atoms with van der Waals surface area (Å²) in [5.41, 5.74) is 5.13. The van der Waals surface area contributed by atoms with E-state index < -0.39 is 0 Å². The van der Waals surface area contributed by atoms with E-state index in [0.717, 1.165) is 65.3 Å². The van der Waals surface area contributed by atoms with E-state index in [1.807, 2.05) is 53.2 Å². The highest BCUT2D eigenvalue weighted by molar-refractivity contribution is 5.94. The molecule has 4 aliphatic carbocycles. The molecule has 0 spiro atoms. The number of hydrogen-bond donors (Lipinski definition) is 1. The second-order valence-electron chi connectivity index (χ2n) is 14.1. The summed E-state index contributed by atoms with van der Waals surface area (Å²) < 4.78 is 0. The van der Waals surface area contributed by atoms with Gasteiger partial charge in [-0.05, 0) is 110 Å². The molecule has 7 heteroatoms. The summed E-state index contributed by atoms with van der Waals surface area (Å²) in [4.78, 5) is 36.9. The zero-order valence-corrected chi connectivity index (χ0v) is 25.8. The van der Waals surface area contributed by atoms with E-state index in [0.29, 0.717) is 31.3 Å². The van der Waals surface area contributed by atoms with Crippen LogP contribution < -0.4 is 4.90 Å². The van der Waals surface area contributed by atoms with Crippen molar-refractivity contribution in [2.45, 2.75) is 51.4 Å². The molecule has 1 aromatic heterocycles. The number of hydrogen-bond acceptors (Lipinski definition) is 5. The number of pyridine rings is 1. The first kappa shape index (κ1) is 28.9. The van der Waals surface area contributed by atoms with Gasteiger partial charge in [-0.2, -0.15) is 0 Å². The van der Waals surface area contributed by atoms with Crippen molar-refractivity contribution in [1.29, 1.82) is 0 Å². The van der Waals surface area contributed by atoms with Crippen LogP contribution in [0.4, 0.5) is 5.69 Å². The Hall–Kier alpha value is -3.87. The lowest BCUT2D eigenvalue weighted by Crippen LogP contribution is -2.51. The lowest BCUT2D eigenvalue weighted by molar-refractivity contribution is -0.131. The Kier molecular flexibility index (Phi) is 7.81. The topological polar surface area (TPSA) is 77.0 Å². The summed E-state index contributed by atoms with van der Waals surface area (Å²) in [7, 11) is 1.99. The normalized spacial score (nSPS) is 25.7. The summed E-state index contributed by atoms with van der Waals surface area (Å²) >= 11 is 0. The van der Waals surface area contributed by atoms with Crippen molar-refractivity contribution < 1.29 is 14.7 Å². The predicted octanol–water partition coefficient (Wildman–Crippen LogP) is 6.02. The molecule has 2 heterocycles. The van der Waals surface area contributed by atoms with Crippen molar-refractivity contribution in [2.24, 2.45) is 23.2 Å². The van der Waals surface area contributed by atoms with E-state index in [9.17, 15) is 14.7 Å². The lowest BCUT2D eigenvalue weighted by atomic mass is 9.49. The Labute approximate surface area is 260 Å². The molecule has 0 radical (unpaired) electrons. The van der Waals surface area contributed by atoms with Crippen LogP contribution in [0.15, 0.2) is 67.0 Å². The van der Waals surface area contributed by atoms with Crippen LogP contribution in [0.3, 0.4) is 0 Å². The van der Waals surface area contributed by atoms with Gasteiger partial charge in [-0.25, -0.2) is 0 Å². The number of carbonyl (C=O) groups excluding carboxylic acids is 2. The van der Waals surface area contributed by atoms with E-state index in [-0.39, 0.29) is 17.6 Å². The number of amides is 2. The van der Waals surface area contributed by atoms with E-state index in [1.165, 1.54) is 44.7 Å². The molecular formula is C37H44N4O3. The van der Waals surface area contributed by atoms with E-state index >= 15 is 0 Å². The highest BCUT2D eigenvalue weighted by atomic mass is 16.3. The molecule has 4 saturated carbocycles. The van der Waals surface area contributed by atoms with E-state index in [1.54, 1.807) is 12.3 Å². The first-order chi connectivity index (χ1) is 21.3. The zero-order valence-electron chi connectivity index (χ0n) is 25.8. The summed E-state index contributed by atoms with van der Waals surface area (Å²) in [6.45, 7) is 3.82. The number of aryl methyl sites for hydroxylation is 1. The maximum absolute atomic E-state index is 13.4. The first-order valence-corrected chi connectivity index (χ1v) is 16.4. The molecule has 1 saturated heterocycles. The Bertz CT molecular complexity index is 1480. The van der Waals surface area contributed by atoms with Crippen LogP contribution in [0.5, 0.6) is 5.75 Å². The van der Waals surface area contributed by atoms with E-state index in [2.05, 4.69) is 22.0 Å². The van der Waals surface area contributed by atoms with Crippen LogP contribution in [-0.2, 0) is 11.2 Å². The third-order valence-corrected chi connectivity index (χ3v) is 10.9. The van der Waals surface area contributed by atoms with Gasteiger partial charge < -0.3 is 19.8 Å². The molecule has 1 aliphatic heterocycles. The third-order valence-electron chi connectivity index (χ3n) is 10.9. The standard InChI is InChI=1S/C37H44N4O3/c1-39(25-37-20-26-16-27(21-37)18-28(17-26)22-37)36(44)30-6-9-32(10-7-30)40-12-14-41(15-13-40)35(43)11-8-29-4-2-3-5-34(29)31-19-33(42)24-38-23-31/h2-7,9-10,19,23-24,26-28,42H,8,11-18,20-22,25H2,1H3. The fourth-order valence-corrected chi connectivity index (χ4v) is 9.30. The molecule has 0 atom stereocenters. The quantitative estimate of drug-likeness (QED) is 0.346. The molecule has 230 valence electrons. The number of nitrogens with zero attached hydrogens (tertiary/aromatic N) is 4. The van der Waals surface area contributed by atoms with Gasteiger partial charge in [0.05, 0.1) is 6.20 Å². The van der Waals surface area contributed by atoms with Crippen LogP contribution >= 0.6 is 0 Å². The fourth-order valence-electron chi connectivity index (χ4n) is 9.30. The first-order valence-electron chi connectivity index (χ1n) is 16.4. The maximum atomic E-state index is 13.4. The predicted molar refractivity (Wildman–Crippen MR) is 172 cm³/mol. The van der Waals surface area contributed by atoms with Gasteiger partial charge in [0.1, 0.15) is 5.75 Å². The van der Waals surface area contributed by atoms with Crippen LogP contribution in [0.2, 0.25) is 0 Å². The maximum Gasteiger partial charge on any atom is 0.253 e. The van der Waals surface area contributed by atoms with Gasteiger partial charge in [-0.1, -0.05) is 24.3 Å². The summed E-state index contributed by atoms with van der Waals surface area (Å²) in [5, 5.41) is 9.86. The van der Waals surface area contributed by atoms with Crippen LogP contribution in [0.25, 0.3) is 11.1 Å². The van der Waals surface area contributed by atoms with Gasteiger partial charge in [-0.15, -0.1) is 0 Å². The molecule has 2 aromatic carbocycles. The number of piperazine rings is 1. The number of carbonyl (C=O) groups is 2. The van der Waals surface area contributed by atoms with Gasteiger partial charge in [0.25, 0.3) is 5.91 Å². The minimum atomic E-state index is 0.129. The molecule has 7 nitrogen and oxygen atoms in total. The highest BCUT2D eigenvalue weighted by Crippen LogP contribution is 2.60. The lowest BCUT2D eigenvalue weighted by Gasteiger charge is -2.57. The molecule has 1 N–H and O–H groups in total. The van der Waals surface area contributed by atoms with Crippen LogP contribution in [-0.4, -0.2) is 71.5 Å². The Morgan fingerprint density at radius 2 is 1.57 bits per heavy atom. The zero-order chi connectivity index (χ0) is 30.3. The largest absolute Gasteiger partial charge is 0.506 e. The van der Waals surface area contributed by atoms with Crippen molar-refractivity contribution in [3.05, 3.63) is 78.1 Å². The average Bonchev–Trinajstić information content (AvgIpc) is 3.03. The van der Waals surface area contributed by atoms with Gasteiger partial charge in [0.2, 0.25) is 5.91 Å². The average molecular weight is 593 g/mol. The van der Waals surface area contributed by atoms with E-state index in [4.69, 9.17) is 0 Å². The Balaban J connectivity index is 0.906. The number of aromatic hydroxyl groups is 1. The monoisotopic (exact) mass is 592 g/mol. The van der Waals surface area contributed by atoms with Gasteiger partial charge in [0, 0.05) is 69.2 Å². The Morgan fingerprint density at radius 3 is 2.23 bits per heavy atom. The summed E-state index contributed by atoms with van der Waals surface area (Å²) in [5.74, 6) is 3.11. The number of anilines is 1. The molecule has 4 bridgehead atoms. The fraction of sp³-hybridized carbons (Fsp3) is 0.486. The Morgan fingerprint density at radius 1 is 0.909 bits per heavy atom. The van der Waals surface area contributed by atoms with Crippen LogP contribution in [0.1, 0.15) is 60.9 Å². The summed E-state index contributed by atoms with van der Waals surface area (Å²) in [6.07, 6.45) is 12.5. The number of aromatic nitrogens is 1. The molecule has 2 amide bonds. The minimum Gasteiger partial charge on any atom is -0.506 e. The van der Waals surface area contributed by atoms with Crippen LogP contribution in [0, 0.1) is 23.2 Å². The minimum absolute atomic E-state index is 0.129. The third kappa shape index (κ3) is 5.93.